The molecule has 0 saturated heterocycles. The fourth-order valence-corrected chi connectivity index (χ4v) is 1.99. The highest BCUT2D eigenvalue weighted by molar-refractivity contribution is 5.93. The van der Waals surface area contributed by atoms with Crippen LogP contribution in [-0.2, 0) is 6.54 Å². The number of ether oxygens (including phenoxy) is 3. The van der Waals surface area contributed by atoms with Gasteiger partial charge >= 0.3 is 0 Å². The molecule has 0 aliphatic carbocycles. The summed E-state index contributed by atoms with van der Waals surface area (Å²) in [7, 11) is 4.78. The van der Waals surface area contributed by atoms with Crippen LogP contribution in [0.4, 0.5) is 0 Å². The molecule has 0 unspecified atom stereocenters. The Labute approximate surface area is 99.5 Å². The second-order valence-electron chi connectivity index (χ2n) is 3.59. The molecule has 1 heterocycles. The zero-order chi connectivity index (χ0) is 12.4. The molecule has 5 nitrogen and oxygen atoms in total. The summed E-state index contributed by atoms with van der Waals surface area (Å²) >= 11 is 0. The van der Waals surface area contributed by atoms with Gasteiger partial charge in [0.05, 0.1) is 32.2 Å². The monoisotopic (exact) mass is 236 g/mol. The van der Waals surface area contributed by atoms with Gasteiger partial charge in [0.1, 0.15) is 0 Å². The van der Waals surface area contributed by atoms with Gasteiger partial charge in [-0.25, -0.2) is 0 Å². The van der Waals surface area contributed by atoms with Crippen molar-refractivity contribution in [1.82, 2.24) is 4.98 Å². The predicted octanol–water partition coefficient (Wildman–Crippen LogP) is 1.65. The van der Waals surface area contributed by atoms with Crippen LogP contribution in [-0.4, -0.2) is 26.3 Å². The molecule has 1 aromatic carbocycles. The average Bonchev–Trinajstić information content (AvgIpc) is 2.78. The molecule has 2 rings (SSSR count). The first-order valence-corrected chi connectivity index (χ1v) is 5.25. The lowest BCUT2D eigenvalue weighted by Crippen LogP contribution is -1.98. The molecule has 0 bridgehead atoms. The minimum Gasteiger partial charge on any atom is -0.493 e. The van der Waals surface area contributed by atoms with E-state index in [2.05, 4.69) is 4.98 Å². The lowest BCUT2D eigenvalue weighted by atomic mass is 10.1. The lowest BCUT2D eigenvalue weighted by molar-refractivity contribution is 0.327. The number of nitrogens with one attached hydrogen (secondary N) is 1. The number of aromatic amines is 1. The predicted molar refractivity (Wildman–Crippen MR) is 65.8 cm³/mol. The zero-order valence-electron chi connectivity index (χ0n) is 10.2. The Morgan fingerprint density at radius 2 is 1.82 bits per heavy atom. The van der Waals surface area contributed by atoms with Crippen molar-refractivity contribution < 1.29 is 14.2 Å². The van der Waals surface area contributed by atoms with Gasteiger partial charge in [-0.15, -0.1) is 0 Å². The molecule has 0 aliphatic rings. The third-order valence-corrected chi connectivity index (χ3v) is 2.77. The third-order valence-electron chi connectivity index (χ3n) is 2.77. The number of aromatic nitrogens is 1. The number of hydrogen-bond acceptors (Lipinski definition) is 4. The van der Waals surface area contributed by atoms with Crippen molar-refractivity contribution in [2.45, 2.75) is 6.54 Å². The van der Waals surface area contributed by atoms with Crippen LogP contribution < -0.4 is 19.9 Å². The first-order chi connectivity index (χ1) is 8.26. The molecule has 0 aliphatic heterocycles. The van der Waals surface area contributed by atoms with Crippen molar-refractivity contribution in [2.24, 2.45) is 5.73 Å². The average molecular weight is 236 g/mol. The van der Waals surface area contributed by atoms with Crippen LogP contribution in [0.15, 0.2) is 12.3 Å². The summed E-state index contributed by atoms with van der Waals surface area (Å²) in [6.07, 6.45) is 1.87. The molecule has 0 atom stereocenters. The van der Waals surface area contributed by atoms with Crippen LogP contribution in [0.25, 0.3) is 10.9 Å². The first-order valence-electron chi connectivity index (χ1n) is 5.25. The smallest absolute Gasteiger partial charge is 0.204 e. The van der Waals surface area contributed by atoms with Gasteiger partial charge in [0, 0.05) is 18.8 Å². The van der Waals surface area contributed by atoms with Gasteiger partial charge in [0.25, 0.3) is 0 Å². The van der Waals surface area contributed by atoms with Crippen molar-refractivity contribution in [3.8, 4) is 17.2 Å². The van der Waals surface area contributed by atoms with Crippen molar-refractivity contribution in [2.75, 3.05) is 21.3 Å². The van der Waals surface area contributed by atoms with E-state index in [1.165, 1.54) is 0 Å². The van der Waals surface area contributed by atoms with Crippen LogP contribution in [0.1, 0.15) is 5.56 Å². The van der Waals surface area contributed by atoms with Gasteiger partial charge in [0.15, 0.2) is 11.5 Å². The summed E-state index contributed by atoms with van der Waals surface area (Å²) in [6, 6.07) is 1.87. The molecule has 92 valence electrons. The van der Waals surface area contributed by atoms with Crippen LogP contribution in [0.5, 0.6) is 17.2 Å². The summed E-state index contributed by atoms with van der Waals surface area (Å²) in [5.41, 5.74) is 7.60. The number of benzene rings is 1. The first kappa shape index (κ1) is 11.6. The second-order valence-corrected chi connectivity index (χ2v) is 3.59. The fourth-order valence-electron chi connectivity index (χ4n) is 1.99. The number of methoxy groups -OCH3 is 3. The number of fused-ring (bicyclic) bond motifs is 1. The van der Waals surface area contributed by atoms with Crippen LogP contribution in [0, 0.1) is 0 Å². The molecule has 2 aromatic rings. The zero-order valence-corrected chi connectivity index (χ0v) is 10.2. The van der Waals surface area contributed by atoms with Gasteiger partial charge in [-0.1, -0.05) is 0 Å². The van der Waals surface area contributed by atoms with E-state index in [9.17, 15) is 0 Å². The largest absolute Gasteiger partial charge is 0.493 e. The topological polar surface area (TPSA) is 69.5 Å². The summed E-state index contributed by atoms with van der Waals surface area (Å²) in [4.78, 5) is 3.14. The van der Waals surface area contributed by atoms with E-state index in [1.807, 2.05) is 12.3 Å². The highest BCUT2D eigenvalue weighted by Crippen LogP contribution is 2.44. The normalized spacial score (nSPS) is 10.6. The summed E-state index contributed by atoms with van der Waals surface area (Å²) in [5.74, 6) is 1.85. The van der Waals surface area contributed by atoms with Crippen molar-refractivity contribution in [3.63, 3.8) is 0 Å². The Hall–Kier alpha value is -1.88. The van der Waals surface area contributed by atoms with Crippen LogP contribution >= 0.6 is 0 Å². The van der Waals surface area contributed by atoms with Crippen LogP contribution in [0.3, 0.4) is 0 Å². The molecule has 0 amide bonds. The Balaban J connectivity index is 2.82. The van der Waals surface area contributed by atoms with E-state index >= 15 is 0 Å². The van der Waals surface area contributed by atoms with Gasteiger partial charge < -0.3 is 24.9 Å². The number of rotatable bonds is 4. The minimum absolute atomic E-state index is 0.436. The molecule has 3 N–H and O–H groups in total. The lowest BCUT2D eigenvalue weighted by Gasteiger charge is -2.13. The standard InChI is InChI=1S/C12H16N2O3/c1-15-9-4-8-10(7(5-13)6-14-8)12(17-3)11(9)16-2/h4,6,14H,5,13H2,1-3H3. The molecule has 0 fully saturated rings. The minimum atomic E-state index is 0.436. The van der Waals surface area contributed by atoms with E-state index in [-0.39, 0.29) is 0 Å². The van der Waals surface area contributed by atoms with E-state index in [4.69, 9.17) is 19.9 Å². The van der Waals surface area contributed by atoms with E-state index in [1.54, 1.807) is 21.3 Å². The third kappa shape index (κ3) is 1.68. The number of hydrogen-bond donors (Lipinski definition) is 2. The highest BCUT2D eigenvalue weighted by atomic mass is 16.5. The Morgan fingerprint density at radius 1 is 1.12 bits per heavy atom. The Kier molecular flexibility index (Phi) is 3.10. The molecule has 1 aromatic heterocycles. The Morgan fingerprint density at radius 3 is 2.35 bits per heavy atom. The summed E-state index contributed by atoms with van der Waals surface area (Å²) in [6.45, 7) is 0.436. The van der Waals surface area contributed by atoms with Gasteiger partial charge in [-0.2, -0.15) is 0 Å². The van der Waals surface area contributed by atoms with Gasteiger partial charge in [-0.3, -0.25) is 0 Å². The fraction of sp³-hybridized carbons (Fsp3) is 0.333. The van der Waals surface area contributed by atoms with Crippen molar-refractivity contribution in [3.05, 3.63) is 17.8 Å². The molecule has 5 heteroatoms. The number of H-pyrrole nitrogens is 1. The maximum Gasteiger partial charge on any atom is 0.204 e. The van der Waals surface area contributed by atoms with Gasteiger partial charge in [0.2, 0.25) is 5.75 Å². The highest BCUT2D eigenvalue weighted by Gasteiger charge is 2.18. The molecule has 0 radical (unpaired) electrons. The maximum atomic E-state index is 5.70. The van der Waals surface area contributed by atoms with E-state index in [0.29, 0.717) is 23.8 Å². The van der Waals surface area contributed by atoms with E-state index in [0.717, 1.165) is 16.5 Å². The summed E-state index contributed by atoms with van der Waals surface area (Å²) in [5, 5.41) is 0.938. The van der Waals surface area contributed by atoms with Crippen molar-refractivity contribution in [1.29, 1.82) is 0 Å². The van der Waals surface area contributed by atoms with E-state index < -0.39 is 0 Å². The maximum absolute atomic E-state index is 5.70. The second kappa shape index (κ2) is 4.55. The number of nitrogens with two attached hydrogens (primary N) is 1. The summed E-state index contributed by atoms with van der Waals surface area (Å²) < 4.78 is 16.0. The molecular weight excluding hydrogens is 220 g/mol. The SMILES string of the molecule is COc1cc2[nH]cc(CN)c2c(OC)c1OC. The molecule has 0 spiro atoms. The Bertz CT molecular complexity index is 534. The van der Waals surface area contributed by atoms with Crippen molar-refractivity contribution >= 4 is 10.9 Å². The quantitative estimate of drug-likeness (QED) is 0.847. The van der Waals surface area contributed by atoms with Gasteiger partial charge in [-0.05, 0) is 5.56 Å². The molecular formula is C12H16N2O3. The molecule has 17 heavy (non-hydrogen) atoms. The van der Waals surface area contributed by atoms with Crippen LogP contribution in [0.2, 0.25) is 0 Å². The molecule has 0 saturated carbocycles.